The number of aromatic carboxylic acids is 1. The van der Waals surface area contributed by atoms with Crippen molar-refractivity contribution in [3.8, 4) is 0 Å². The lowest BCUT2D eigenvalue weighted by molar-refractivity contribution is 0.0282. The third-order valence-electron chi connectivity index (χ3n) is 3.09. The van der Waals surface area contributed by atoms with Crippen molar-refractivity contribution < 1.29 is 14.6 Å². The first-order valence-corrected chi connectivity index (χ1v) is 6.05. The van der Waals surface area contributed by atoms with Crippen LogP contribution in [0, 0.1) is 0 Å². The van der Waals surface area contributed by atoms with E-state index < -0.39 is 5.97 Å². The Balaban J connectivity index is 1.78. The molecule has 0 saturated carbocycles. The monoisotopic (exact) mass is 254 g/mol. The summed E-state index contributed by atoms with van der Waals surface area (Å²) in [6, 6.07) is 0. The third-order valence-corrected chi connectivity index (χ3v) is 3.09. The van der Waals surface area contributed by atoms with Gasteiger partial charge in [-0.2, -0.15) is 0 Å². The van der Waals surface area contributed by atoms with Crippen LogP contribution in [0.2, 0.25) is 0 Å². The van der Waals surface area contributed by atoms with E-state index in [1.807, 2.05) is 0 Å². The van der Waals surface area contributed by atoms with Crippen LogP contribution in [0.4, 0.5) is 0 Å². The van der Waals surface area contributed by atoms with Crippen molar-refractivity contribution in [2.75, 3.05) is 19.8 Å². The van der Waals surface area contributed by atoms with Gasteiger partial charge in [0.1, 0.15) is 0 Å². The van der Waals surface area contributed by atoms with Crippen LogP contribution in [-0.4, -0.2) is 51.4 Å². The highest BCUT2D eigenvalue weighted by molar-refractivity contribution is 5.84. The predicted molar refractivity (Wildman–Crippen MR) is 63.4 cm³/mol. The summed E-state index contributed by atoms with van der Waals surface area (Å²) in [6.45, 7) is 4.99. The largest absolute Gasteiger partial charge is 0.476 e. The van der Waals surface area contributed by atoms with E-state index >= 15 is 0 Å². The maximum Gasteiger partial charge on any atom is 0.358 e. The molecule has 2 heterocycles. The minimum Gasteiger partial charge on any atom is -0.476 e. The minimum atomic E-state index is -1.05. The summed E-state index contributed by atoms with van der Waals surface area (Å²) in [5.41, 5.74) is -0.0173. The molecule has 1 fully saturated rings. The van der Waals surface area contributed by atoms with Gasteiger partial charge in [-0.25, -0.2) is 4.79 Å². The summed E-state index contributed by atoms with van der Waals surface area (Å²) >= 11 is 0. The standard InChI is InChI=1S/C11H18N4O3/c1-11(3-2-6-18-8-11)12-4-5-15-7-9(10(16)17)13-14-15/h7,12H,2-6,8H2,1H3,(H,16,17). The van der Waals surface area contributed by atoms with E-state index in [-0.39, 0.29) is 11.2 Å². The lowest BCUT2D eigenvalue weighted by atomic mass is 9.95. The number of carboxylic acid groups (broad SMARTS) is 1. The molecule has 0 bridgehead atoms. The molecular weight excluding hydrogens is 236 g/mol. The van der Waals surface area contributed by atoms with Crippen molar-refractivity contribution >= 4 is 5.97 Å². The van der Waals surface area contributed by atoms with Crippen molar-refractivity contribution in [3.05, 3.63) is 11.9 Å². The van der Waals surface area contributed by atoms with Crippen molar-refractivity contribution in [3.63, 3.8) is 0 Å². The number of aromatic nitrogens is 3. The molecule has 0 aromatic carbocycles. The molecule has 7 nitrogen and oxygen atoms in total. The zero-order chi connectivity index (χ0) is 13.0. The van der Waals surface area contributed by atoms with Gasteiger partial charge in [0.15, 0.2) is 5.69 Å². The van der Waals surface area contributed by atoms with Crippen LogP contribution in [0.3, 0.4) is 0 Å². The van der Waals surface area contributed by atoms with Gasteiger partial charge in [0.2, 0.25) is 0 Å². The van der Waals surface area contributed by atoms with E-state index in [1.165, 1.54) is 10.9 Å². The normalized spacial score (nSPS) is 24.1. The van der Waals surface area contributed by atoms with Gasteiger partial charge in [0, 0.05) is 18.7 Å². The summed E-state index contributed by atoms with van der Waals surface area (Å²) in [7, 11) is 0. The molecule has 7 heteroatoms. The third kappa shape index (κ3) is 3.27. The summed E-state index contributed by atoms with van der Waals surface area (Å²) < 4.78 is 6.98. The molecular formula is C11H18N4O3. The van der Waals surface area contributed by atoms with Gasteiger partial charge < -0.3 is 15.2 Å². The van der Waals surface area contributed by atoms with E-state index in [0.29, 0.717) is 19.7 Å². The topological polar surface area (TPSA) is 89.3 Å². The summed E-state index contributed by atoms with van der Waals surface area (Å²) in [5, 5.41) is 19.5. The molecule has 1 saturated heterocycles. The number of hydrogen-bond acceptors (Lipinski definition) is 5. The fraction of sp³-hybridized carbons (Fsp3) is 0.727. The Labute approximate surface area is 105 Å². The molecule has 18 heavy (non-hydrogen) atoms. The lowest BCUT2D eigenvalue weighted by Gasteiger charge is -2.34. The maximum absolute atomic E-state index is 10.6. The van der Waals surface area contributed by atoms with E-state index in [4.69, 9.17) is 9.84 Å². The van der Waals surface area contributed by atoms with Gasteiger partial charge in [0.25, 0.3) is 0 Å². The van der Waals surface area contributed by atoms with E-state index in [1.54, 1.807) is 0 Å². The van der Waals surface area contributed by atoms with Gasteiger partial charge in [0.05, 0.1) is 19.3 Å². The molecule has 1 atom stereocenters. The Morgan fingerprint density at radius 3 is 3.17 bits per heavy atom. The quantitative estimate of drug-likeness (QED) is 0.776. The van der Waals surface area contributed by atoms with Gasteiger partial charge in [-0.15, -0.1) is 5.10 Å². The number of ether oxygens (including phenoxy) is 1. The second-order valence-electron chi connectivity index (χ2n) is 4.82. The second-order valence-corrected chi connectivity index (χ2v) is 4.82. The van der Waals surface area contributed by atoms with E-state index in [9.17, 15) is 4.79 Å². The molecule has 1 unspecified atom stereocenters. The molecule has 1 aliphatic heterocycles. The first-order valence-electron chi connectivity index (χ1n) is 6.05. The average molecular weight is 254 g/mol. The fourth-order valence-corrected chi connectivity index (χ4v) is 2.05. The van der Waals surface area contributed by atoms with Crippen molar-refractivity contribution in [1.29, 1.82) is 0 Å². The lowest BCUT2D eigenvalue weighted by Crippen LogP contribution is -2.49. The molecule has 0 amide bonds. The fourth-order valence-electron chi connectivity index (χ4n) is 2.05. The SMILES string of the molecule is CC1(NCCn2cc(C(=O)O)nn2)CCCOC1. The average Bonchev–Trinajstić information content (AvgIpc) is 2.78. The van der Waals surface area contributed by atoms with Crippen LogP contribution >= 0.6 is 0 Å². The molecule has 1 aromatic rings. The molecule has 1 aromatic heterocycles. The van der Waals surface area contributed by atoms with Gasteiger partial charge >= 0.3 is 5.97 Å². The Morgan fingerprint density at radius 2 is 2.56 bits per heavy atom. The van der Waals surface area contributed by atoms with Crippen molar-refractivity contribution in [2.45, 2.75) is 31.8 Å². The number of carboxylic acids is 1. The van der Waals surface area contributed by atoms with Crippen LogP contribution in [0.25, 0.3) is 0 Å². The number of hydrogen-bond donors (Lipinski definition) is 2. The Kier molecular flexibility index (Phi) is 3.93. The van der Waals surface area contributed by atoms with Crippen LogP contribution < -0.4 is 5.32 Å². The van der Waals surface area contributed by atoms with Gasteiger partial charge in [-0.1, -0.05) is 5.21 Å². The van der Waals surface area contributed by atoms with Crippen molar-refractivity contribution in [2.24, 2.45) is 0 Å². The number of carbonyl (C=O) groups is 1. The molecule has 1 aliphatic rings. The van der Waals surface area contributed by atoms with Crippen molar-refractivity contribution in [1.82, 2.24) is 20.3 Å². The van der Waals surface area contributed by atoms with Gasteiger partial charge in [-0.05, 0) is 19.8 Å². The van der Waals surface area contributed by atoms with Crippen LogP contribution in [-0.2, 0) is 11.3 Å². The molecule has 100 valence electrons. The maximum atomic E-state index is 10.6. The highest BCUT2D eigenvalue weighted by Gasteiger charge is 2.26. The molecule has 0 radical (unpaired) electrons. The minimum absolute atomic E-state index is 0.00839. The molecule has 0 spiro atoms. The number of nitrogens with zero attached hydrogens (tertiary/aromatic N) is 3. The summed E-state index contributed by atoms with van der Waals surface area (Å²) in [4.78, 5) is 10.6. The molecule has 0 aliphatic carbocycles. The summed E-state index contributed by atoms with van der Waals surface area (Å²) in [5.74, 6) is -1.05. The zero-order valence-electron chi connectivity index (χ0n) is 10.4. The zero-order valence-corrected chi connectivity index (χ0v) is 10.4. The summed E-state index contributed by atoms with van der Waals surface area (Å²) in [6.07, 6.45) is 3.59. The smallest absolute Gasteiger partial charge is 0.358 e. The number of rotatable bonds is 5. The molecule has 2 rings (SSSR count). The van der Waals surface area contributed by atoms with Crippen LogP contribution in [0.5, 0.6) is 0 Å². The first-order chi connectivity index (χ1) is 8.59. The highest BCUT2D eigenvalue weighted by Crippen LogP contribution is 2.17. The van der Waals surface area contributed by atoms with Crippen LogP contribution in [0.1, 0.15) is 30.3 Å². The highest BCUT2D eigenvalue weighted by atomic mass is 16.5. The predicted octanol–water partition coefficient (Wildman–Crippen LogP) is 0.135. The van der Waals surface area contributed by atoms with Crippen LogP contribution in [0.15, 0.2) is 6.20 Å². The first kappa shape index (κ1) is 13.0. The van der Waals surface area contributed by atoms with Gasteiger partial charge in [-0.3, -0.25) is 4.68 Å². The Hall–Kier alpha value is -1.47. The van der Waals surface area contributed by atoms with E-state index in [2.05, 4.69) is 22.6 Å². The number of nitrogens with one attached hydrogen (secondary N) is 1. The van der Waals surface area contributed by atoms with E-state index in [0.717, 1.165) is 19.4 Å². The Morgan fingerprint density at radius 1 is 1.72 bits per heavy atom. The second kappa shape index (κ2) is 5.45. The molecule has 2 N–H and O–H groups in total. The Bertz CT molecular complexity index is 412.